The molecule has 30 heavy (non-hydrogen) atoms. The Morgan fingerprint density at radius 1 is 1.20 bits per heavy atom. The molecule has 1 aliphatic carbocycles. The summed E-state index contributed by atoms with van der Waals surface area (Å²) >= 11 is 1.57. The number of thioether (sulfide) groups is 1. The molecule has 3 fully saturated rings. The van der Waals surface area contributed by atoms with Crippen molar-refractivity contribution in [2.75, 3.05) is 13.1 Å². The minimum atomic E-state index is -3.66. The number of sulfonamides is 1. The molecule has 5 N–H and O–H groups in total. The molecule has 2 atom stereocenters. The molecule has 0 radical (unpaired) electrons. The summed E-state index contributed by atoms with van der Waals surface area (Å²) in [7, 11) is -3.66. The third-order valence-electron chi connectivity index (χ3n) is 5.95. The third-order valence-corrected chi connectivity index (χ3v) is 8.70. The molecule has 2 unspecified atom stereocenters. The largest absolute Gasteiger partial charge is 0.331 e. The van der Waals surface area contributed by atoms with Crippen LogP contribution in [0.15, 0.2) is 27.9 Å². The van der Waals surface area contributed by atoms with Crippen LogP contribution in [0.1, 0.15) is 32.2 Å². The van der Waals surface area contributed by atoms with Gasteiger partial charge in [-0.05, 0) is 44.9 Å². The van der Waals surface area contributed by atoms with E-state index in [9.17, 15) is 13.2 Å². The molecule has 2 aromatic rings. The highest BCUT2D eigenvalue weighted by Crippen LogP contribution is 2.36. The molecule has 10 nitrogen and oxygen atoms in total. The number of nitrogens with one attached hydrogen (secondary N) is 5. The number of hydrogen-bond donors (Lipinski definition) is 5. The maximum Gasteiger partial charge on any atom is 0.331 e. The molecule has 0 bridgehead atoms. The Hall–Kier alpha value is -1.41. The molecule has 3 heterocycles. The molecule has 2 saturated heterocycles. The molecular weight excluding hydrogens is 426 g/mol. The van der Waals surface area contributed by atoms with Gasteiger partial charge in [0.2, 0.25) is 10.0 Å². The van der Waals surface area contributed by atoms with E-state index in [1.807, 2.05) is 13.8 Å². The predicted molar refractivity (Wildman–Crippen MR) is 116 cm³/mol. The van der Waals surface area contributed by atoms with Gasteiger partial charge in [0.25, 0.3) is 0 Å². The topological polar surface area (TPSA) is 121 Å². The lowest BCUT2D eigenvalue weighted by atomic mass is 10.1. The number of hydrogen-bond acceptors (Lipinski definition) is 8. The Kier molecular flexibility index (Phi) is 5.01. The van der Waals surface area contributed by atoms with Crippen LogP contribution in [0.5, 0.6) is 0 Å². The Morgan fingerprint density at radius 2 is 1.93 bits per heavy atom. The predicted octanol–water partition coefficient (Wildman–Crippen LogP) is 0.000900. The number of rotatable bonds is 6. The van der Waals surface area contributed by atoms with Gasteiger partial charge in [-0.15, -0.1) is 0 Å². The summed E-state index contributed by atoms with van der Waals surface area (Å²) in [5.74, 6) is 0.280. The van der Waals surface area contributed by atoms with Gasteiger partial charge in [-0.1, -0.05) is 11.8 Å². The van der Waals surface area contributed by atoms with Crippen molar-refractivity contribution in [3.63, 3.8) is 0 Å². The molecule has 12 heteroatoms. The van der Waals surface area contributed by atoms with Crippen LogP contribution in [0.25, 0.3) is 11.0 Å². The summed E-state index contributed by atoms with van der Waals surface area (Å²) in [6.07, 6.45) is 1.68. The van der Waals surface area contributed by atoms with Crippen LogP contribution in [-0.4, -0.2) is 41.6 Å². The molecule has 2 aliphatic heterocycles. The third kappa shape index (κ3) is 3.70. The molecule has 0 amide bonds. The van der Waals surface area contributed by atoms with Crippen molar-refractivity contribution in [2.45, 2.75) is 54.5 Å². The standard InChI is InChI=1S/C18H27N7O3S2/c1-11-21-22-16(29-11)25-15-7-13(30(27,28)23-18(2)5-6-18)3-4-14(15)24(17(25)26)10-12-8-19-20-9-12/h3-4,7,11-12,16,19-23H,5-6,8-10H2,1-2H3. The van der Waals surface area contributed by atoms with Crippen molar-refractivity contribution >= 4 is 32.8 Å². The van der Waals surface area contributed by atoms with Crippen LogP contribution < -0.4 is 32.1 Å². The SMILES string of the molecule is CC1NNC(n2c(=O)n(CC3CNNC3)c3ccc(S(=O)(=O)NC4(C)CC4)cc32)S1. The summed E-state index contributed by atoms with van der Waals surface area (Å²) in [5.41, 5.74) is 13.0. The second-order valence-electron chi connectivity index (χ2n) is 8.63. The van der Waals surface area contributed by atoms with E-state index in [0.717, 1.165) is 31.4 Å². The van der Waals surface area contributed by atoms with Crippen molar-refractivity contribution in [1.29, 1.82) is 0 Å². The Bertz CT molecular complexity index is 1130. The number of nitrogens with zero attached hydrogens (tertiary/aromatic N) is 2. The van der Waals surface area contributed by atoms with Crippen LogP contribution >= 0.6 is 11.8 Å². The molecule has 0 spiro atoms. The van der Waals surface area contributed by atoms with Gasteiger partial charge >= 0.3 is 5.69 Å². The number of imidazole rings is 1. The van der Waals surface area contributed by atoms with Crippen molar-refractivity contribution < 1.29 is 8.42 Å². The zero-order valence-corrected chi connectivity index (χ0v) is 18.6. The fraction of sp³-hybridized carbons (Fsp3) is 0.611. The summed E-state index contributed by atoms with van der Waals surface area (Å²) in [6, 6.07) is 4.97. The van der Waals surface area contributed by atoms with E-state index in [-0.39, 0.29) is 32.9 Å². The summed E-state index contributed by atoms with van der Waals surface area (Å²) in [5, 5.41) is 0.131. The average Bonchev–Trinajstić information content (AvgIpc) is 3.08. The lowest BCUT2D eigenvalue weighted by Gasteiger charge is -2.14. The van der Waals surface area contributed by atoms with Gasteiger partial charge in [-0.3, -0.25) is 20.0 Å². The van der Waals surface area contributed by atoms with Crippen LogP contribution in [0.2, 0.25) is 0 Å². The Labute approximate surface area is 179 Å². The molecule has 3 aliphatic rings. The first-order chi connectivity index (χ1) is 14.3. The summed E-state index contributed by atoms with van der Waals surface area (Å²) in [4.78, 5) is 13.6. The molecule has 1 aromatic carbocycles. The lowest BCUT2D eigenvalue weighted by molar-refractivity contribution is 0.457. The second-order valence-corrected chi connectivity index (χ2v) is 11.7. The second kappa shape index (κ2) is 7.33. The fourth-order valence-corrected chi connectivity index (χ4v) is 6.44. The van der Waals surface area contributed by atoms with E-state index in [4.69, 9.17) is 0 Å². The van der Waals surface area contributed by atoms with Crippen LogP contribution in [0.4, 0.5) is 0 Å². The van der Waals surface area contributed by atoms with Gasteiger partial charge in [0, 0.05) is 31.1 Å². The monoisotopic (exact) mass is 453 g/mol. The first kappa shape index (κ1) is 20.5. The normalized spacial score (nSPS) is 26.6. The highest BCUT2D eigenvalue weighted by atomic mass is 32.2. The Balaban J connectivity index is 1.61. The highest BCUT2D eigenvalue weighted by molar-refractivity contribution is 8.00. The van der Waals surface area contributed by atoms with E-state index in [1.54, 1.807) is 39.1 Å². The van der Waals surface area contributed by atoms with Gasteiger partial charge < -0.3 is 0 Å². The van der Waals surface area contributed by atoms with Crippen molar-refractivity contribution in [3.05, 3.63) is 28.7 Å². The van der Waals surface area contributed by atoms with E-state index in [0.29, 0.717) is 12.1 Å². The number of hydrazine groups is 2. The quantitative estimate of drug-likeness (QED) is 0.415. The lowest BCUT2D eigenvalue weighted by Crippen LogP contribution is -2.36. The number of fused-ring (bicyclic) bond motifs is 1. The van der Waals surface area contributed by atoms with Crippen molar-refractivity contribution in [3.8, 4) is 0 Å². The fourth-order valence-electron chi connectivity index (χ4n) is 3.97. The van der Waals surface area contributed by atoms with Gasteiger partial charge in [-0.25, -0.2) is 28.8 Å². The molecule has 1 aromatic heterocycles. The average molecular weight is 454 g/mol. The molecule has 164 valence electrons. The van der Waals surface area contributed by atoms with Crippen LogP contribution in [0, 0.1) is 5.92 Å². The minimum Gasteiger partial charge on any atom is -0.291 e. The van der Waals surface area contributed by atoms with Gasteiger partial charge in [0.15, 0.2) is 5.50 Å². The van der Waals surface area contributed by atoms with E-state index in [2.05, 4.69) is 26.4 Å². The van der Waals surface area contributed by atoms with Crippen molar-refractivity contribution in [2.24, 2.45) is 5.92 Å². The zero-order chi connectivity index (χ0) is 21.1. The summed E-state index contributed by atoms with van der Waals surface area (Å²) in [6.45, 7) is 6.04. The summed E-state index contributed by atoms with van der Waals surface area (Å²) < 4.78 is 32.1. The van der Waals surface area contributed by atoms with Crippen molar-refractivity contribution in [1.82, 2.24) is 35.6 Å². The van der Waals surface area contributed by atoms with E-state index < -0.39 is 10.0 Å². The maximum atomic E-state index is 13.4. The smallest absolute Gasteiger partial charge is 0.291 e. The maximum absolute atomic E-state index is 13.4. The Morgan fingerprint density at radius 3 is 2.57 bits per heavy atom. The highest BCUT2D eigenvalue weighted by Gasteiger charge is 2.41. The van der Waals surface area contributed by atoms with Gasteiger partial charge in [0.1, 0.15) is 0 Å². The first-order valence-corrected chi connectivity index (χ1v) is 12.6. The van der Waals surface area contributed by atoms with Gasteiger partial charge in [0.05, 0.1) is 21.3 Å². The minimum absolute atomic E-state index is 0.131. The molecule has 1 saturated carbocycles. The van der Waals surface area contributed by atoms with Crippen LogP contribution in [-0.2, 0) is 16.6 Å². The van der Waals surface area contributed by atoms with E-state index >= 15 is 0 Å². The molecule has 5 rings (SSSR count). The first-order valence-electron chi connectivity index (χ1n) is 10.2. The van der Waals surface area contributed by atoms with Gasteiger partial charge in [-0.2, -0.15) is 0 Å². The van der Waals surface area contributed by atoms with Crippen LogP contribution in [0.3, 0.4) is 0 Å². The zero-order valence-electron chi connectivity index (χ0n) is 16.9. The number of benzene rings is 1. The molecular formula is C18H27N7O3S2. The van der Waals surface area contributed by atoms with E-state index in [1.165, 1.54) is 0 Å². The number of aromatic nitrogens is 2.